The van der Waals surface area contributed by atoms with Gasteiger partial charge in [0.15, 0.2) is 0 Å². The quantitative estimate of drug-likeness (QED) is 0.842. The highest BCUT2D eigenvalue weighted by molar-refractivity contribution is 5.91. The molecule has 1 aliphatic rings. The van der Waals surface area contributed by atoms with Gasteiger partial charge in [-0.15, -0.1) is 0 Å². The van der Waals surface area contributed by atoms with Crippen molar-refractivity contribution in [3.8, 4) is 5.75 Å². The molecular formula is C17H24N2O3. The fourth-order valence-corrected chi connectivity index (χ4v) is 2.32. The van der Waals surface area contributed by atoms with E-state index in [1.807, 2.05) is 38.1 Å². The molecule has 1 fully saturated rings. The van der Waals surface area contributed by atoms with Gasteiger partial charge in [0.2, 0.25) is 11.8 Å². The van der Waals surface area contributed by atoms with Crippen molar-refractivity contribution in [2.45, 2.75) is 52.2 Å². The Kier molecular flexibility index (Phi) is 5.41. The van der Waals surface area contributed by atoms with Gasteiger partial charge in [-0.1, -0.05) is 0 Å². The second-order valence-corrected chi connectivity index (χ2v) is 5.93. The van der Waals surface area contributed by atoms with Crippen LogP contribution < -0.4 is 10.1 Å². The van der Waals surface area contributed by atoms with E-state index >= 15 is 0 Å². The molecule has 5 nitrogen and oxygen atoms in total. The molecule has 2 amide bonds. The van der Waals surface area contributed by atoms with Crippen LogP contribution in [-0.2, 0) is 9.59 Å². The first-order valence-corrected chi connectivity index (χ1v) is 7.79. The normalized spacial score (nSPS) is 13.8. The summed E-state index contributed by atoms with van der Waals surface area (Å²) >= 11 is 0. The van der Waals surface area contributed by atoms with Gasteiger partial charge in [0, 0.05) is 31.6 Å². The topological polar surface area (TPSA) is 58.6 Å². The van der Waals surface area contributed by atoms with Crippen LogP contribution in [0, 0.1) is 0 Å². The highest BCUT2D eigenvalue weighted by atomic mass is 16.5. The van der Waals surface area contributed by atoms with E-state index < -0.39 is 0 Å². The number of amides is 2. The zero-order valence-corrected chi connectivity index (χ0v) is 13.5. The van der Waals surface area contributed by atoms with Crippen LogP contribution in [0.4, 0.5) is 5.69 Å². The average Bonchev–Trinajstić information content (AvgIpc) is 3.25. The predicted octanol–water partition coefficient (Wildman–Crippen LogP) is 2.81. The van der Waals surface area contributed by atoms with E-state index in [1.54, 1.807) is 11.8 Å². The summed E-state index contributed by atoms with van der Waals surface area (Å²) in [6.45, 7) is 5.98. The van der Waals surface area contributed by atoms with E-state index in [0.717, 1.165) is 24.3 Å². The number of hydrogen-bond acceptors (Lipinski definition) is 3. The van der Waals surface area contributed by atoms with Gasteiger partial charge in [0.25, 0.3) is 0 Å². The third-order valence-corrected chi connectivity index (χ3v) is 3.48. The fraction of sp³-hybridized carbons (Fsp3) is 0.529. The lowest BCUT2D eigenvalue weighted by atomic mass is 10.2. The van der Waals surface area contributed by atoms with Gasteiger partial charge >= 0.3 is 0 Å². The predicted molar refractivity (Wildman–Crippen MR) is 85.9 cm³/mol. The maximum Gasteiger partial charge on any atom is 0.226 e. The Labute approximate surface area is 131 Å². The monoisotopic (exact) mass is 304 g/mol. The average molecular weight is 304 g/mol. The van der Waals surface area contributed by atoms with Crippen LogP contribution in [0.1, 0.15) is 40.0 Å². The Bertz CT molecular complexity index is 521. The minimum Gasteiger partial charge on any atom is -0.491 e. The second-order valence-electron chi connectivity index (χ2n) is 5.93. The van der Waals surface area contributed by atoms with Crippen molar-refractivity contribution in [1.29, 1.82) is 0 Å². The first-order chi connectivity index (χ1) is 10.5. The van der Waals surface area contributed by atoms with Crippen LogP contribution in [0.25, 0.3) is 0 Å². The molecule has 1 aromatic carbocycles. The number of ether oxygens (including phenoxy) is 1. The van der Waals surface area contributed by atoms with Gasteiger partial charge in [-0.25, -0.2) is 0 Å². The Morgan fingerprint density at radius 3 is 2.41 bits per heavy atom. The third kappa shape index (κ3) is 5.06. The number of nitrogens with one attached hydrogen (secondary N) is 1. The number of hydrogen-bond donors (Lipinski definition) is 1. The van der Waals surface area contributed by atoms with Crippen LogP contribution in [0.2, 0.25) is 0 Å². The van der Waals surface area contributed by atoms with E-state index in [2.05, 4.69) is 5.32 Å². The van der Waals surface area contributed by atoms with E-state index in [1.165, 1.54) is 0 Å². The lowest BCUT2D eigenvalue weighted by Gasteiger charge is -2.20. The number of rotatable bonds is 7. The van der Waals surface area contributed by atoms with Crippen LogP contribution in [0.3, 0.4) is 0 Å². The van der Waals surface area contributed by atoms with E-state index in [9.17, 15) is 9.59 Å². The highest BCUT2D eigenvalue weighted by Gasteiger charge is 2.30. The van der Waals surface area contributed by atoms with Crippen molar-refractivity contribution in [3.05, 3.63) is 24.3 Å². The van der Waals surface area contributed by atoms with Crippen molar-refractivity contribution in [3.63, 3.8) is 0 Å². The third-order valence-electron chi connectivity index (χ3n) is 3.48. The summed E-state index contributed by atoms with van der Waals surface area (Å²) in [6.07, 6.45) is 2.55. The van der Waals surface area contributed by atoms with E-state index in [4.69, 9.17) is 4.74 Å². The SMILES string of the molecule is CC(=O)N(CCC(=O)Nc1ccc(OC(C)C)cc1)C1CC1. The fourth-order valence-electron chi connectivity index (χ4n) is 2.32. The van der Waals surface area contributed by atoms with Crippen molar-refractivity contribution in [1.82, 2.24) is 4.90 Å². The largest absolute Gasteiger partial charge is 0.491 e. The Balaban J connectivity index is 1.80. The molecule has 0 atom stereocenters. The zero-order chi connectivity index (χ0) is 16.1. The van der Waals surface area contributed by atoms with Crippen LogP contribution >= 0.6 is 0 Å². The van der Waals surface area contributed by atoms with Crippen LogP contribution in [0.15, 0.2) is 24.3 Å². The minimum absolute atomic E-state index is 0.0467. The molecule has 0 aromatic heterocycles. The van der Waals surface area contributed by atoms with E-state index in [-0.39, 0.29) is 17.9 Å². The van der Waals surface area contributed by atoms with Gasteiger partial charge in [-0.3, -0.25) is 9.59 Å². The second kappa shape index (κ2) is 7.29. The van der Waals surface area contributed by atoms with Gasteiger partial charge < -0.3 is 15.0 Å². The number of anilines is 1. The van der Waals surface area contributed by atoms with Crippen LogP contribution in [0.5, 0.6) is 5.75 Å². The Morgan fingerprint density at radius 2 is 1.91 bits per heavy atom. The zero-order valence-electron chi connectivity index (χ0n) is 13.5. The lowest BCUT2D eigenvalue weighted by molar-refractivity contribution is -0.129. The molecule has 0 bridgehead atoms. The van der Waals surface area contributed by atoms with E-state index in [0.29, 0.717) is 19.0 Å². The lowest BCUT2D eigenvalue weighted by Crippen LogP contribution is -2.33. The molecule has 0 heterocycles. The molecule has 0 radical (unpaired) electrons. The van der Waals surface area contributed by atoms with Gasteiger partial charge in [0.05, 0.1) is 6.10 Å². The molecule has 1 saturated carbocycles. The molecule has 5 heteroatoms. The molecule has 22 heavy (non-hydrogen) atoms. The summed E-state index contributed by atoms with van der Waals surface area (Å²) in [7, 11) is 0. The molecule has 2 rings (SSSR count). The van der Waals surface area contributed by atoms with Crippen molar-refractivity contribution < 1.29 is 14.3 Å². The molecular weight excluding hydrogens is 280 g/mol. The Hall–Kier alpha value is -2.04. The van der Waals surface area contributed by atoms with Crippen molar-refractivity contribution in [2.75, 3.05) is 11.9 Å². The molecule has 0 unspecified atom stereocenters. The van der Waals surface area contributed by atoms with Crippen molar-refractivity contribution >= 4 is 17.5 Å². The first kappa shape index (κ1) is 16.3. The van der Waals surface area contributed by atoms with Gasteiger partial charge in [0.1, 0.15) is 5.75 Å². The summed E-state index contributed by atoms with van der Waals surface area (Å²) in [4.78, 5) is 25.3. The van der Waals surface area contributed by atoms with Crippen molar-refractivity contribution in [2.24, 2.45) is 0 Å². The summed E-state index contributed by atoms with van der Waals surface area (Å²) in [5, 5.41) is 2.84. The van der Waals surface area contributed by atoms with Crippen LogP contribution in [-0.4, -0.2) is 35.4 Å². The molecule has 0 aliphatic heterocycles. The number of carbonyl (C=O) groups excluding carboxylic acids is 2. The maximum absolute atomic E-state index is 12.0. The molecule has 0 spiro atoms. The number of carbonyl (C=O) groups is 2. The summed E-state index contributed by atoms with van der Waals surface area (Å²) in [5.74, 6) is 0.749. The number of benzene rings is 1. The summed E-state index contributed by atoms with van der Waals surface area (Å²) in [5.41, 5.74) is 0.738. The molecule has 1 aliphatic carbocycles. The molecule has 0 saturated heterocycles. The molecule has 1 aromatic rings. The Morgan fingerprint density at radius 1 is 1.27 bits per heavy atom. The summed E-state index contributed by atoms with van der Waals surface area (Å²) in [6, 6.07) is 7.65. The number of nitrogens with zero attached hydrogens (tertiary/aromatic N) is 1. The smallest absolute Gasteiger partial charge is 0.226 e. The highest BCUT2D eigenvalue weighted by Crippen LogP contribution is 2.27. The van der Waals surface area contributed by atoms with Gasteiger partial charge in [-0.05, 0) is 51.0 Å². The minimum atomic E-state index is -0.0792. The molecule has 1 N–H and O–H groups in total. The standard InChI is InChI=1S/C17H24N2O3/c1-12(2)22-16-8-4-14(5-9-16)18-17(21)10-11-19(13(3)20)15-6-7-15/h4-5,8-9,12,15H,6-7,10-11H2,1-3H3,(H,18,21). The summed E-state index contributed by atoms with van der Waals surface area (Å²) < 4.78 is 5.56. The molecule has 120 valence electrons. The first-order valence-electron chi connectivity index (χ1n) is 7.79. The van der Waals surface area contributed by atoms with Gasteiger partial charge in [-0.2, -0.15) is 0 Å². The maximum atomic E-state index is 12.0.